The summed E-state index contributed by atoms with van der Waals surface area (Å²) in [5.74, 6) is -0.840. The summed E-state index contributed by atoms with van der Waals surface area (Å²) < 4.78 is 11.7. The Morgan fingerprint density at radius 1 is 0.943 bits per heavy atom. The van der Waals surface area contributed by atoms with Gasteiger partial charge in [0.2, 0.25) is 6.41 Å². The molecule has 0 saturated carbocycles. The van der Waals surface area contributed by atoms with Crippen LogP contribution < -0.4 is 5.32 Å². The molecule has 1 heterocycles. The summed E-state index contributed by atoms with van der Waals surface area (Å²) in [5.41, 5.74) is 0. The van der Waals surface area contributed by atoms with Crippen LogP contribution in [0.15, 0.2) is 0 Å². The van der Waals surface area contributed by atoms with Gasteiger partial charge in [-0.3, -0.25) is 9.59 Å². The van der Waals surface area contributed by atoms with E-state index in [0.717, 1.165) is 44.9 Å². The maximum atomic E-state index is 12.9. The molecule has 1 amide bonds. The number of rotatable bonds is 21. The summed E-state index contributed by atoms with van der Waals surface area (Å²) in [7, 11) is 0. The number of cyclic esters (lactones) is 1. The van der Waals surface area contributed by atoms with Crippen molar-refractivity contribution >= 4 is 18.3 Å². The van der Waals surface area contributed by atoms with E-state index < -0.39 is 24.0 Å². The first-order valence-electron chi connectivity index (χ1n) is 14.5. The minimum atomic E-state index is -0.679. The van der Waals surface area contributed by atoms with Gasteiger partial charge >= 0.3 is 11.9 Å². The highest BCUT2D eigenvalue weighted by Gasteiger charge is 2.41. The molecular formula is C29H53NO5. The van der Waals surface area contributed by atoms with E-state index in [1.807, 2.05) is 13.8 Å². The lowest BCUT2D eigenvalue weighted by atomic mass is 9.87. The molecule has 204 valence electrons. The number of hydrogen-bond donors (Lipinski definition) is 1. The molecule has 1 saturated heterocycles. The van der Waals surface area contributed by atoms with E-state index in [9.17, 15) is 14.4 Å². The van der Waals surface area contributed by atoms with Crippen molar-refractivity contribution in [3.05, 3.63) is 0 Å². The first-order valence-corrected chi connectivity index (χ1v) is 14.5. The molecule has 0 aliphatic carbocycles. The summed E-state index contributed by atoms with van der Waals surface area (Å²) in [6, 6.07) is -0.679. The summed E-state index contributed by atoms with van der Waals surface area (Å²) in [6.07, 6.45) is 18.0. The summed E-state index contributed by atoms with van der Waals surface area (Å²) in [6.45, 7) is 8.40. The molecule has 1 aliphatic heterocycles. The van der Waals surface area contributed by atoms with Gasteiger partial charge in [0.25, 0.3) is 0 Å². The van der Waals surface area contributed by atoms with Gasteiger partial charge in [-0.25, -0.2) is 4.79 Å². The highest BCUT2D eigenvalue weighted by atomic mass is 16.6. The Kier molecular flexibility index (Phi) is 17.6. The number of nitrogens with one attached hydrogen (secondary N) is 1. The third-order valence-electron chi connectivity index (χ3n) is 7.06. The van der Waals surface area contributed by atoms with Crippen molar-refractivity contribution in [2.75, 3.05) is 0 Å². The van der Waals surface area contributed by atoms with Crippen molar-refractivity contribution in [3.63, 3.8) is 0 Å². The number of esters is 2. The fourth-order valence-corrected chi connectivity index (χ4v) is 4.98. The Bertz CT molecular complexity index is 579. The highest BCUT2D eigenvalue weighted by molar-refractivity contribution is 5.79. The van der Waals surface area contributed by atoms with E-state index in [1.165, 1.54) is 44.9 Å². The van der Waals surface area contributed by atoms with Crippen LogP contribution in [-0.2, 0) is 23.9 Å². The van der Waals surface area contributed by atoms with Crippen LogP contribution in [0.1, 0.15) is 137 Å². The third kappa shape index (κ3) is 13.9. The molecular weight excluding hydrogens is 442 g/mol. The lowest BCUT2D eigenvalue weighted by Gasteiger charge is -2.35. The Hall–Kier alpha value is -1.59. The van der Waals surface area contributed by atoms with E-state index in [0.29, 0.717) is 25.7 Å². The van der Waals surface area contributed by atoms with Crippen LogP contribution in [0.4, 0.5) is 0 Å². The van der Waals surface area contributed by atoms with Crippen LogP contribution >= 0.6 is 0 Å². The monoisotopic (exact) mass is 495 g/mol. The zero-order chi connectivity index (χ0) is 25.9. The van der Waals surface area contributed by atoms with Crippen LogP contribution in [0.3, 0.4) is 0 Å². The second-order valence-electron chi connectivity index (χ2n) is 10.8. The number of ether oxygens (including phenoxy) is 2. The molecule has 1 aliphatic rings. The predicted octanol–water partition coefficient (Wildman–Crippen LogP) is 6.88. The maximum Gasteiger partial charge on any atom is 0.328 e. The number of carbonyl (C=O) groups excluding carboxylic acids is 3. The van der Waals surface area contributed by atoms with Gasteiger partial charge in [-0.05, 0) is 31.6 Å². The van der Waals surface area contributed by atoms with Gasteiger partial charge in [-0.1, -0.05) is 105 Å². The van der Waals surface area contributed by atoms with E-state index in [-0.39, 0.29) is 18.0 Å². The molecule has 0 unspecified atom stereocenters. The third-order valence-corrected chi connectivity index (χ3v) is 7.06. The molecule has 0 aromatic carbocycles. The standard InChI is InChI=1S/C29H53NO5/c1-5-7-9-11-12-13-14-15-16-18-24-21-27(25(28(32)34-24)19-17-10-8-6-2)35-29(33)26(30-22-31)20-23(3)4/h22-27H,5-21H2,1-4H3,(H,30,31)/t24-,25+,26+,27-/m1/s1. The molecule has 35 heavy (non-hydrogen) atoms. The second kappa shape index (κ2) is 19.6. The van der Waals surface area contributed by atoms with Crippen molar-refractivity contribution in [3.8, 4) is 0 Å². The SMILES string of the molecule is CCCCCCCCCCC[C@@H]1C[C@@H](OC(=O)[C@H](CC(C)C)NC=O)[C@H](CCCCCC)C(=O)O1. The topological polar surface area (TPSA) is 81.7 Å². The first kappa shape index (κ1) is 31.4. The van der Waals surface area contributed by atoms with Crippen LogP contribution in [0, 0.1) is 11.8 Å². The zero-order valence-electron chi connectivity index (χ0n) is 23.0. The Morgan fingerprint density at radius 2 is 1.49 bits per heavy atom. The first-order chi connectivity index (χ1) is 16.9. The average Bonchev–Trinajstić information content (AvgIpc) is 2.81. The molecule has 1 rings (SSSR count). The van der Waals surface area contributed by atoms with Gasteiger partial charge in [0.15, 0.2) is 0 Å². The molecule has 0 aromatic rings. The van der Waals surface area contributed by atoms with Crippen molar-refractivity contribution in [1.29, 1.82) is 0 Å². The minimum absolute atomic E-state index is 0.195. The Balaban J connectivity index is 2.61. The van der Waals surface area contributed by atoms with Crippen LogP contribution in [0.5, 0.6) is 0 Å². The molecule has 0 aromatic heterocycles. The molecule has 0 spiro atoms. The zero-order valence-corrected chi connectivity index (χ0v) is 23.0. The molecule has 1 fully saturated rings. The van der Waals surface area contributed by atoms with Crippen molar-refractivity contribution in [2.24, 2.45) is 11.8 Å². The Morgan fingerprint density at radius 3 is 2.06 bits per heavy atom. The quantitative estimate of drug-likeness (QED) is 0.107. The van der Waals surface area contributed by atoms with E-state index in [2.05, 4.69) is 19.2 Å². The lowest BCUT2D eigenvalue weighted by molar-refractivity contribution is -0.181. The van der Waals surface area contributed by atoms with Crippen LogP contribution in [0.25, 0.3) is 0 Å². The van der Waals surface area contributed by atoms with Gasteiger partial charge in [0.05, 0.1) is 5.92 Å². The fraction of sp³-hybridized carbons (Fsp3) is 0.897. The second-order valence-corrected chi connectivity index (χ2v) is 10.8. The van der Waals surface area contributed by atoms with Gasteiger partial charge in [-0.15, -0.1) is 0 Å². The molecule has 6 heteroatoms. The normalized spacial score (nSPS) is 20.9. The minimum Gasteiger partial charge on any atom is -0.462 e. The summed E-state index contributed by atoms with van der Waals surface area (Å²) >= 11 is 0. The number of hydrogen-bond acceptors (Lipinski definition) is 5. The van der Waals surface area contributed by atoms with Gasteiger partial charge < -0.3 is 14.8 Å². The largest absolute Gasteiger partial charge is 0.462 e. The smallest absolute Gasteiger partial charge is 0.328 e. The highest BCUT2D eigenvalue weighted by Crippen LogP contribution is 2.31. The van der Waals surface area contributed by atoms with Crippen LogP contribution in [-0.4, -0.2) is 36.6 Å². The van der Waals surface area contributed by atoms with E-state index >= 15 is 0 Å². The predicted molar refractivity (Wildman–Crippen MR) is 141 cm³/mol. The number of carbonyl (C=O) groups is 3. The average molecular weight is 496 g/mol. The van der Waals surface area contributed by atoms with Crippen molar-refractivity contribution in [1.82, 2.24) is 5.32 Å². The molecule has 0 radical (unpaired) electrons. The molecule has 1 N–H and O–H groups in total. The lowest BCUT2D eigenvalue weighted by Crippen LogP contribution is -2.47. The fourth-order valence-electron chi connectivity index (χ4n) is 4.98. The van der Waals surface area contributed by atoms with E-state index in [4.69, 9.17) is 9.47 Å². The van der Waals surface area contributed by atoms with Gasteiger partial charge in [0, 0.05) is 6.42 Å². The Labute approximate surface area is 214 Å². The van der Waals surface area contributed by atoms with Crippen molar-refractivity contribution < 1.29 is 23.9 Å². The van der Waals surface area contributed by atoms with E-state index in [1.54, 1.807) is 0 Å². The molecule has 6 nitrogen and oxygen atoms in total. The summed E-state index contributed by atoms with van der Waals surface area (Å²) in [5, 5.41) is 2.60. The number of amides is 1. The number of unbranched alkanes of at least 4 members (excludes halogenated alkanes) is 11. The molecule has 0 bridgehead atoms. The molecule has 4 atom stereocenters. The van der Waals surface area contributed by atoms with Gasteiger partial charge in [0.1, 0.15) is 18.2 Å². The summed E-state index contributed by atoms with van der Waals surface area (Å²) in [4.78, 5) is 36.8. The van der Waals surface area contributed by atoms with Crippen LogP contribution in [0.2, 0.25) is 0 Å². The van der Waals surface area contributed by atoms with Gasteiger partial charge in [-0.2, -0.15) is 0 Å². The van der Waals surface area contributed by atoms with Crippen molar-refractivity contribution in [2.45, 2.75) is 155 Å². The maximum absolute atomic E-state index is 12.9.